The van der Waals surface area contributed by atoms with Gasteiger partial charge in [0.2, 0.25) is 0 Å². The van der Waals surface area contributed by atoms with E-state index in [1.807, 2.05) is 0 Å². The number of fused-ring (bicyclic) bond motifs is 1. The van der Waals surface area contributed by atoms with Gasteiger partial charge in [0.1, 0.15) is 11.6 Å². The molecule has 4 aromatic rings. The average molecular weight is 645 g/mol. The van der Waals surface area contributed by atoms with E-state index in [4.69, 9.17) is 19.9 Å². The van der Waals surface area contributed by atoms with Crippen LogP contribution in [0.15, 0.2) is 60.8 Å². The largest absolute Gasteiger partial charge is 0.493 e. The average Bonchev–Trinajstić information content (AvgIpc) is 3.02. The molecular formula is C32H29F5N4O5. The highest BCUT2D eigenvalue weighted by molar-refractivity contribution is 6.39. The van der Waals surface area contributed by atoms with E-state index in [0.29, 0.717) is 47.1 Å². The second-order valence-electron chi connectivity index (χ2n) is 10.6. The molecule has 2 amide bonds. The van der Waals surface area contributed by atoms with Gasteiger partial charge in [-0.1, -0.05) is 6.07 Å². The first-order chi connectivity index (χ1) is 21.9. The van der Waals surface area contributed by atoms with Crippen LogP contribution in [0.5, 0.6) is 23.0 Å². The van der Waals surface area contributed by atoms with Crippen LogP contribution < -0.4 is 30.2 Å². The van der Waals surface area contributed by atoms with Crippen molar-refractivity contribution < 1.29 is 45.8 Å². The summed E-state index contributed by atoms with van der Waals surface area (Å²) < 4.78 is 86.0. The van der Waals surface area contributed by atoms with E-state index in [9.17, 15) is 27.2 Å². The van der Waals surface area contributed by atoms with Crippen LogP contribution >= 0.6 is 0 Å². The summed E-state index contributed by atoms with van der Waals surface area (Å²) in [7, 11) is 1.49. The molecule has 0 spiro atoms. The highest BCUT2D eigenvalue weighted by atomic mass is 19.4. The highest BCUT2D eigenvalue weighted by Crippen LogP contribution is 2.39. The SMILES string of the molecule is COc1cc2c(Oc3ccc(N(Cc4ccc(C(F)(F)F)c(F)c4)C(=O)C(N)=O)cc3F)ccnc2cc1OCC1CCNCC1. The Hall–Kier alpha value is -4.98. The number of piperidine rings is 1. The van der Waals surface area contributed by atoms with Crippen molar-refractivity contribution in [2.75, 3.05) is 31.7 Å². The first-order valence-electron chi connectivity index (χ1n) is 14.2. The molecule has 242 valence electrons. The molecule has 46 heavy (non-hydrogen) atoms. The predicted octanol–water partition coefficient (Wildman–Crippen LogP) is 5.73. The number of methoxy groups -OCH3 is 1. The van der Waals surface area contributed by atoms with Crippen molar-refractivity contribution in [3.8, 4) is 23.0 Å². The number of benzene rings is 3. The lowest BCUT2D eigenvalue weighted by molar-refractivity contribution is -0.140. The van der Waals surface area contributed by atoms with E-state index in [1.54, 1.807) is 12.1 Å². The van der Waals surface area contributed by atoms with E-state index in [2.05, 4.69) is 10.3 Å². The maximum absolute atomic E-state index is 15.4. The summed E-state index contributed by atoms with van der Waals surface area (Å²) in [6, 6.07) is 10.2. The van der Waals surface area contributed by atoms with Gasteiger partial charge in [-0.05, 0) is 73.8 Å². The number of carbonyl (C=O) groups excluding carboxylic acids is 2. The minimum atomic E-state index is -4.93. The number of aromatic nitrogens is 1. The first kappa shape index (κ1) is 32.4. The van der Waals surface area contributed by atoms with Crippen LogP contribution in [-0.2, 0) is 22.3 Å². The number of rotatable bonds is 9. The lowest BCUT2D eigenvalue weighted by Crippen LogP contribution is -2.40. The summed E-state index contributed by atoms with van der Waals surface area (Å²) in [4.78, 5) is 29.4. The number of nitrogens with two attached hydrogens (primary N) is 1. The Kier molecular flexibility index (Phi) is 9.56. The first-order valence-corrected chi connectivity index (χ1v) is 14.2. The van der Waals surface area contributed by atoms with Crippen molar-refractivity contribution in [2.45, 2.75) is 25.6 Å². The normalized spacial score (nSPS) is 13.8. The molecule has 0 unspecified atom stereocenters. The Morgan fingerprint density at radius 1 is 0.957 bits per heavy atom. The number of nitrogens with zero attached hydrogens (tertiary/aromatic N) is 2. The molecule has 14 heteroatoms. The maximum atomic E-state index is 15.4. The molecule has 0 atom stereocenters. The molecule has 3 N–H and O–H groups in total. The Morgan fingerprint density at radius 2 is 1.72 bits per heavy atom. The van der Waals surface area contributed by atoms with Crippen LogP contribution in [-0.4, -0.2) is 43.6 Å². The van der Waals surface area contributed by atoms with Crippen molar-refractivity contribution in [3.05, 3.63) is 83.6 Å². The second-order valence-corrected chi connectivity index (χ2v) is 10.6. The van der Waals surface area contributed by atoms with E-state index in [0.717, 1.165) is 43.0 Å². The molecule has 0 saturated carbocycles. The number of ether oxygens (including phenoxy) is 3. The van der Waals surface area contributed by atoms with Gasteiger partial charge in [0.25, 0.3) is 0 Å². The fourth-order valence-corrected chi connectivity index (χ4v) is 5.09. The predicted molar refractivity (Wildman–Crippen MR) is 158 cm³/mol. The third-order valence-electron chi connectivity index (χ3n) is 7.50. The van der Waals surface area contributed by atoms with Crippen LogP contribution in [0.2, 0.25) is 0 Å². The van der Waals surface area contributed by atoms with Crippen molar-refractivity contribution >= 4 is 28.4 Å². The third-order valence-corrected chi connectivity index (χ3v) is 7.50. The van der Waals surface area contributed by atoms with Gasteiger partial charge in [0.15, 0.2) is 23.1 Å². The topological polar surface area (TPSA) is 116 Å². The molecule has 9 nitrogen and oxygen atoms in total. The van der Waals surface area contributed by atoms with Gasteiger partial charge in [0.05, 0.1) is 31.3 Å². The Morgan fingerprint density at radius 3 is 2.37 bits per heavy atom. The maximum Gasteiger partial charge on any atom is 0.419 e. The lowest BCUT2D eigenvalue weighted by Gasteiger charge is -2.23. The number of hydrogen-bond acceptors (Lipinski definition) is 7. The molecule has 1 saturated heterocycles. The van der Waals surface area contributed by atoms with E-state index in [1.165, 1.54) is 31.5 Å². The zero-order valence-corrected chi connectivity index (χ0v) is 24.5. The van der Waals surface area contributed by atoms with Crippen molar-refractivity contribution in [3.63, 3.8) is 0 Å². The molecule has 3 aromatic carbocycles. The Bertz CT molecular complexity index is 1760. The molecule has 0 radical (unpaired) electrons. The van der Waals surface area contributed by atoms with Gasteiger partial charge in [-0.15, -0.1) is 0 Å². The van der Waals surface area contributed by atoms with E-state index in [-0.39, 0.29) is 22.7 Å². The van der Waals surface area contributed by atoms with Crippen LogP contribution in [0, 0.1) is 17.6 Å². The van der Waals surface area contributed by atoms with Crippen molar-refractivity contribution in [1.29, 1.82) is 0 Å². The molecule has 0 aliphatic carbocycles. The Balaban J connectivity index is 1.39. The van der Waals surface area contributed by atoms with Gasteiger partial charge in [-0.3, -0.25) is 19.5 Å². The minimum absolute atomic E-state index is 0.0999. The number of anilines is 1. The molecule has 1 aliphatic rings. The van der Waals surface area contributed by atoms with E-state index < -0.39 is 41.7 Å². The number of alkyl halides is 3. The third kappa shape index (κ3) is 7.28. The van der Waals surface area contributed by atoms with Crippen LogP contribution in [0.25, 0.3) is 10.9 Å². The summed E-state index contributed by atoms with van der Waals surface area (Å²) in [5.74, 6) is -3.93. The molecule has 5 rings (SSSR count). The number of halogens is 5. The number of pyridine rings is 1. The number of nitrogens with one attached hydrogen (secondary N) is 1. The lowest BCUT2D eigenvalue weighted by atomic mass is 9.99. The summed E-state index contributed by atoms with van der Waals surface area (Å²) in [6.45, 7) is 1.80. The Labute approximate surface area is 260 Å². The highest BCUT2D eigenvalue weighted by Gasteiger charge is 2.34. The van der Waals surface area contributed by atoms with Crippen molar-refractivity contribution in [1.82, 2.24) is 10.3 Å². The van der Waals surface area contributed by atoms with Gasteiger partial charge in [-0.2, -0.15) is 13.2 Å². The van der Waals surface area contributed by atoms with Gasteiger partial charge in [-0.25, -0.2) is 8.78 Å². The number of amides is 2. The smallest absolute Gasteiger partial charge is 0.419 e. The van der Waals surface area contributed by atoms with Crippen LogP contribution in [0.1, 0.15) is 24.0 Å². The number of carbonyl (C=O) groups is 2. The summed E-state index contributed by atoms with van der Waals surface area (Å²) in [5, 5.41) is 3.81. The molecule has 1 aliphatic heterocycles. The van der Waals surface area contributed by atoms with E-state index >= 15 is 4.39 Å². The molecule has 2 heterocycles. The zero-order chi connectivity index (χ0) is 33.0. The number of primary amides is 1. The quantitative estimate of drug-likeness (QED) is 0.177. The fourth-order valence-electron chi connectivity index (χ4n) is 5.09. The number of hydrogen-bond donors (Lipinski definition) is 2. The second kappa shape index (κ2) is 13.6. The molecule has 0 bridgehead atoms. The summed E-state index contributed by atoms with van der Waals surface area (Å²) >= 11 is 0. The van der Waals surface area contributed by atoms with Gasteiger partial charge < -0.3 is 25.3 Å². The zero-order valence-electron chi connectivity index (χ0n) is 24.5. The van der Waals surface area contributed by atoms with Crippen molar-refractivity contribution in [2.24, 2.45) is 11.7 Å². The fraction of sp³-hybridized carbons (Fsp3) is 0.281. The standard InChI is InChI=1S/C32H29F5N4O5/c1-44-28-14-21-25(15-29(28)45-17-18-6-9-39-10-7-18)40-11-8-26(21)46-27-5-3-20(13-24(27)34)41(31(43)30(38)42)16-19-2-4-22(23(33)12-19)32(35,36)37/h2-5,8,11-15,18,39H,6-7,9-10,16-17H2,1H3,(H2,38,42). The van der Waals surface area contributed by atoms with Crippen LogP contribution in [0.3, 0.4) is 0 Å². The molecular weight excluding hydrogens is 615 g/mol. The van der Waals surface area contributed by atoms with Gasteiger partial charge >= 0.3 is 18.0 Å². The molecule has 1 fully saturated rings. The minimum Gasteiger partial charge on any atom is -0.493 e. The van der Waals surface area contributed by atoms with Gasteiger partial charge in [0, 0.05) is 29.4 Å². The summed E-state index contributed by atoms with van der Waals surface area (Å²) in [5.41, 5.74) is 3.88. The molecule has 1 aromatic heterocycles. The monoisotopic (exact) mass is 644 g/mol. The summed E-state index contributed by atoms with van der Waals surface area (Å²) in [6.07, 6.45) is -1.46. The van der Waals surface area contributed by atoms with Crippen LogP contribution in [0.4, 0.5) is 27.6 Å².